The second kappa shape index (κ2) is 8.93. The summed E-state index contributed by atoms with van der Waals surface area (Å²) in [6.45, 7) is 2.46. The quantitative estimate of drug-likeness (QED) is 0.491. The Labute approximate surface area is 126 Å². The molecule has 1 aliphatic rings. The maximum absolute atomic E-state index is 12.0. The van der Waals surface area contributed by atoms with Crippen molar-refractivity contribution in [3.63, 3.8) is 0 Å². The van der Waals surface area contributed by atoms with Crippen LogP contribution in [0, 0.1) is 0 Å². The summed E-state index contributed by atoms with van der Waals surface area (Å²) in [6.07, 6.45) is 4.31. The summed E-state index contributed by atoms with van der Waals surface area (Å²) < 4.78 is 15.7. The first-order valence-electron chi connectivity index (χ1n) is 7.60. The van der Waals surface area contributed by atoms with Gasteiger partial charge in [0.25, 0.3) is 0 Å². The Bertz CT molecular complexity index is 456. The molecule has 0 bridgehead atoms. The number of carbonyl (C=O) groups is 1. The van der Waals surface area contributed by atoms with Gasteiger partial charge in [0, 0.05) is 25.9 Å². The number of rotatable bonds is 10. The molecule has 0 fully saturated rings. The van der Waals surface area contributed by atoms with Gasteiger partial charge in [-0.25, -0.2) is 0 Å². The Morgan fingerprint density at radius 3 is 2.71 bits per heavy atom. The van der Waals surface area contributed by atoms with E-state index in [-0.39, 0.29) is 12.4 Å². The van der Waals surface area contributed by atoms with Crippen molar-refractivity contribution in [1.82, 2.24) is 0 Å². The largest absolute Gasteiger partial charge is 0.385 e. The summed E-state index contributed by atoms with van der Waals surface area (Å²) in [5, 5.41) is 0. The van der Waals surface area contributed by atoms with E-state index in [1.807, 2.05) is 12.1 Å². The molecule has 0 atom stereocenters. The lowest BCUT2D eigenvalue weighted by Crippen LogP contribution is -2.13. The van der Waals surface area contributed by atoms with E-state index in [1.165, 1.54) is 17.5 Å². The van der Waals surface area contributed by atoms with Crippen molar-refractivity contribution in [2.45, 2.75) is 25.7 Å². The average Bonchev–Trinajstić information content (AvgIpc) is 2.97. The third kappa shape index (κ3) is 5.23. The summed E-state index contributed by atoms with van der Waals surface area (Å²) >= 11 is 0. The zero-order valence-electron chi connectivity index (χ0n) is 12.7. The predicted octanol–water partition coefficient (Wildman–Crippen LogP) is 2.43. The highest BCUT2D eigenvalue weighted by Crippen LogP contribution is 2.22. The molecule has 0 spiro atoms. The highest BCUT2D eigenvalue weighted by atomic mass is 16.5. The second-order valence-corrected chi connectivity index (χ2v) is 5.27. The zero-order chi connectivity index (χ0) is 14.9. The summed E-state index contributed by atoms with van der Waals surface area (Å²) in [4.78, 5) is 12.0. The van der Waals surface area contributed by atoms with Crippen LogP contribution in [-0.2, 0) is 27.1 Å². The summed E-state index contributed by atoms with van der Waals surface area (Å²) in [5.41, 5.74) is 3.47. The number of carbonyl (C=O) groups excluding carboxylic acids is 1. The third-order valence-electron chi connectivity index (χ3n) is 3.66. The Hall–Kier alpha value is -1.23. The Balaban J connectivity index is 1.61. The minimum Gasteiger partial charge on any atom is -0.385 e. The van der Waals surface area contributed by atoms with Crippen LogP contribution in [0.4, 0.5) is 0 Å². The fraction of sp³-hybridized carbons (Fsp3) is 0.588. The smallest absolute Gasteiger partial charge is 0.188 e. The van der Waals surface area contributed by atoms with Crippen molar-refractivity contribution >= 4 is 5.78 Å². The molecule has 2 rings (SSSR count). The fourth-order valence-corrected chi connectivity index (χ4v) is 2.52. The summed E-state index contributed by atoms with van der Waals surface area (Å²) in [7, 11) is 1.67. The molecular weight excluding hydrogens is 268 g/mol. The normalized spacial score (nSPS) is 13.4. The first kappa shape index (κ1) is 16.1. The van der Waals surface area contributed by atoms with Gasteiger partial charge < -0.3 is 14.2 Å². The van der Waals surface area contributed by atoms with Crippen LogP contribution in [0.15, 0.2) is 18.2 Å². The van der Waals surface area contributed by atoms with Crippen LogP contribution in [0.2, 0.25) is 0 Å². The molecular formula is C17H24O4. The third-order valence-corrected chi connectivity index (χ3v) is 3.66. The molecule has 0 unspecified atom stereocenters. The minimum absolute atomic E-state index is 0.0454. The molecule has 4 heteroatoms. The Morgan fingerprint density at radius 2 is 1.86 bits per heavy atom. The molecule has 0 aromatic heterocycles. The molecule has 1 aromatic carbocycles. The number of Topliss-reactive ketones (excluding diaryl/α,β-unsaturated/α-hetero) is 1. The van der Waals surface area contributed by atoms with Gasteiger partial charge in [0.15, 0.2) is 5.78 Å². The van der Waals surface area contributed by atoms with Crippen molar-refractivity contribution in [3.05, 3.63) is 34.9 Å². The Morgan fingerprint density at radius 1 is 1.05 bits per heavy atom. The standard InChI is InChI=1S/C17H24O4/c1-19-8-3-9-20-10-11-21-13-17(18)16-7-6-14-4-2-5-15(14)12-16/h6-7,12H,2-5,8-11,13H2,1H3. The van der Waals surface area contributed by atoms with Crippen molar-refractivity contribution < 1.29 is 19.0 Å². The molecule has 0 saturated carbocycles. The van der Waals surface area contributed by atoms with E-state index < -0.39 is 0 Å². The number of ketones is 1. The molecule has 0 aliphatic heterocycles. The highest BCUT2D eigenvalue weighted by Gasteiger charge is 2.13. The van der Waals surface area contributed by atoms with Crippen molar-refractivity contribution in [2.24, 2.45) is 0 Å². The van der Waals surface area contributed by atoms with Crippen molar-refractivity contribution in [2.75, 3.05) is 40.1 Å². The molecule has 0 N–H and O–H groups in total. The van der Waals surface area contributed by atoms with E-state index in [9.17, 15) is 4.79 Å². The summed E-state index contributed by atoms with van der Waals surface area (Å²) in [5.74, 6) is 0.0454. The first-order chi connectivity index (χ1) is 10.3. The van der Waals surface area contributed by atoms with E-state index in [1.54, 1.807) is 7.11 Å². The van der Waals surface area contributed by atoms with E-state index in [2.05, 4.69) is 6.07 Å². The monoisotopic (exact) mass is 292 g/mol. The lowest BCUT2D eigenvalue weighted by molar-refractivity contribution is 0.0382. The number of aryl methyl sites for hydroxylation is 2. The first-order valence-corrected chi connectivity index (χ1v) is 7.60. The number of benzene rings is 1. The van der Waals surface area contributed by atoms with Gasteiger partial charge in [0.2, 0.25) is 0 Å². The van der Waals surface area contributed by atoms with Gasteiger partial charge in [0.1, 0.15) is 6.61 Å². The highest BCUT2D eigenvalue weighted by molar-refractivity contribution is 5.97. The number of fused-ring (bicyclic) bond motifs is 1. The van der Waals surface area contributed by atoms with Crippen LogP contribution >= 0.6 is 0 Å². The maximum atomic E-state index is 12.0. The van der Waals surface area contributed by atoms with Gasteiger partial charge in [0.05, 0.1) is 13.2 Å². The SMILES string of the molecule is COCCCOCCOCC(=O)c1ccc2c(c1)CCC2. The van der Waals surface area contributed by atoms with Crippen LogP contribution in [0.25, 0.3) is 0 Å². The molecule has 116 valence electrons. The van der Waals surface area contributed by atoms with Crippen LogP contribution in [0.1, 0.15) is 34.3 Å². The average molecular weight is 292 g/mol. The van der Waals surface area contributed by atoms with Crippen LogP contribution in [-0.4, -0.2) is 45.9 Å². The van der Waals surface area contributed by atoms with E-state index >= 15 is 0 Å². The molecule has 4 nitrogen and oxygen atoms in total. The number of ether oxygens (including phenoxy) is 3. The van der Waals surface area contributed by atoms with Crippen LogP contribution in [0.5, 0.6) is 0 Å². The van der Waals surface area contributed by atoms with E-state index in [4.69, 9.17) is 14.2 Å². The van der Waals surface area contributed by atoms with E-state index in [0.29, 0.717) is 26.4 Å². The molecule has 0 amide bonds. The molecule has 0 heterocycles. The number of hydrogen-bond acceptors (Lipinski definition) is 4. The number of hydrogen-bond donors (Lipinski definition) is 0. The van der Waals surface area contributed by atoms with Gasteiger partial charge in [-0.1, -0.05) is 12.1 Å². The van der Waals surface area contributed by atoms with Gasteiger partial charge in [-0.3, -0.25) is 4.79 Å². The maximum Gasteiger partial charge on any atom is 0.188 e. The van der Waals surface area contributed by atoms with Gasteiger partial charge in [-0.05, 0) is 42.9 Å². The van der Waals surface area contributed by atoms with Crippen molar-refractivity contribution in [1.29, 1.82) is 0 Å². The molecule has 1 aliphatic carbocycles. The lowest BCUT2D eigenvalue weighted by atomic mass is 10.0. The zero-order valence-corrected chi connectivity index (χ0v) is 12.7. The molecule has 1 aromatic rings. The van der Waals surface area contributed by atoms with Crippen LogP contribution < -0.4 is 0 Å². The topological polar surface area (TPSA) is 44.8 Å². The molecule has 21 heavy (non-hydrogen) atoms. The molecule has 0 saturated heterocycles. The van der Waals surface area contributed by atoms with E-state index in [0.717, 1.165) is 24.8 Å². The second-order valence-electron chi connectivity index (χ2n) is 5.27. The summed E-state index contributed by atoms with van der Waals surface area (Å²) in [6, 6.07) is 6.01. The lowest BCUT2D eigenvalue weighted by Gasteiger charge is -2.06. The number of methoxy groups -OCH3 is 1. The molecule has 0 radical (unpaired) electrons. The fourth-order valence-electron chi connectivity index (χ4n) is 2.52. The van der Waals surface area contributed by atoms with Gasteiger partial charge in [-0.15, -0.1) is 0 Å². The van der Waals surface area contributed by atoms with Crippen molar-refractivity contribution in [3.8, 4) is 0 Å². The van der Waals surface area contributed by atoms with Gasteiger partial charge >= 0.3 is 0 Å². The minimum atomic E-state index is 0.0454. The predicted molar refractivity (Wildman–Crippen MR) is 80.9 cm³/mol. The Kier molecular flexibility index (Phi) is 6.86. The van der Waals surface area contributed by atoms with Crippen LogP contribution in [0.3, 0.4) is 0 Å². The van der Waals surface area contributed by atoms with Gasteiger partial charge in [-0.2, -0.15) is 0 Å².